The Kier molecular flexibility index (Phi) is 8.66. The molecule has 202 valence electrons. The first kappa shape index (κ1) is 27.2. The van der Waals surface area contributed by atoms with Crippen LogP contribution in [-0.4, -0.2) is 95.7 Å². The number of esters is 1. The van der Waals surface area contributed by atoms with Gasteiger partial charge in [0.15, 0.2) is 5.69 Å². The van der Waals surface area contributed by atoms with Gasteiger partial charge >= 0.3 is 5.97 Å². The van der Waals surface area contributed by atoms with Crippen LogP contribution in [0.1, 0.15) is 39.3 Å². The second-order valence-corrected chi connectivity index (χ2v) is 10.2. The fourth-order valence-corrected chi connectivity index (χ4v) is 5.38. The summed E-state index contributed by atoms with van der Waals surface area (Å²) in [7, 11) is 3.18. The Bertz CT molecular complexity index is 1200. The van der Waals surface area contributed by atoms with Crippen LogP contribution in [0.2, 0.25) is 0 Å². The van der Waals surface area contributed by atoms with Gasteiger partial charge in [-0.25, -0.2) is 4.79 Å². The van der Waals surface area contributed by atoms with Crippen LogP contribution in [0.25, 0.3) is 0 Å². The second kappa shape index (κ2) is 12.1. The van der Waals surface area contributed by atoms with Crippen molar-refractivity contribution < 1.29 is 33.2 Å². The molecule has 13 heteroatoms. The van der Waals surface area contributed by atoms with Gasteiger partial charge in [-0.2, -0.15) is 11.8 Å². The highest BCUT2D eigenvalue weighted by atomic mass is 32.2. The number of hydrogen-bond acceptors (Lipinski definition) is 9. The molecule has 1 aromatic carbocycles. The number of hydrogen-bond donors (Lipinski definition) is 2. The predicted octanol–water partition coefficient (Wildman–Crippen LogP) is 0.441. The highest BCUT2D eigenvalue weighted by Gasteiger charge is 2.38. The molecule has 2 aliphatic heterocycles. The Hall–Kier alpha value is -3.87. The quantitative estimate of drug-likeness (QED) is 0.524. The number of cyclic esters (lactones) is 1. The summed E-state index contributed by atoms with van der Waals surface area (Å²) in [6.45, 7) is -0.117. The van der Waals surface area contributed by atoms with E-state index in [0.29, 0.717) is 30.7 Å². The van der Waals surface area contributed by atoms with Gasteiger partial charge in [0, 0.05) is 38.2 Å². The Morgan fingerprint density at radius 1 is 1.18 bits per heavy atom. The van der Waals surface area contributed by atoms with Crippen LogP contribution in [0.3, 0.4) is 0 Å². The summed E-state index contributed by atoms with van der Waals surface area (Å²) in [5.74, 6) is -1.94. The first-order valence-electron chi connectivity index (χ1n) is 12.1. The third-order valence-corrected chi connectivity index (χ3v) is 7.41. The molecule has 0 unspecified atom stereocenters. The largest absolute Gasteiger partial charge is 0.459 e. The molecule has 1 aromatic heterocycles. The number of thioether (sulfide) groups is 1. The molecule has 3 atom stereocenters. The smallest absolute Gasteiger partial charge is 0.338 e. The molecule has 38 heavy (non-hydrogen) atoms. The number of benzene rings is 1. The Morgan fingerprint density at radius 3 is 2.71 bits per heavy atom. The number of fused-ring (bicyclic) bond motifs is 1. The Morgan fingerprint density at radius 2 is 1.97 bits per heavy atom. The van der Waals surface area contributed by atoms with E-state index in [1.54, 1.807) is 38.4 Å². The van der Waals surface area contributed by atoms with Gasteiger partial charge in [0.05, 0.1) is 5.56 Å². The molecule has 4 rings (SSSR count). The van der Waals surface area contributed by atoms with Crippen molar-refractivity contribution in [2.75, 3.05) is 33.0 Å². The number of nitrogens with one attached hydrogen (secondary N) is 2. The average molecular weight is 544 g/mol. The van der Waals surface area contributed by atoms with E-state index in [4.69, 9.17) is 9.26 Å². The fraction of sp³-hybridized carbons (Fsp3) is 0.440. The zero-order valence-corrected chi connectivity index (χ0v) is 21.9. The number of carbonyl (C=O) groups is 5. The van der Waals surface area contributed by atoms with E-state index in [0.717, 1.165) is 5.56 Å². The lowest BCUT2D eigenvalue weighted by atomic mass is 10.1. The minimum absolute atomic E-state index is 0.0728. The van der Waals surface area contributed by atoms with Gasteiger partial charge in [0.1, 0.15) is 31.0 Å². The second-order valence-electron chi connectivity index (χ2n) is 9.17. The topological polar surface area (TPSA) is 151 Å². The van der Waals surface area contributed by atoms with Crippen molar-refractivity contribution in [3.8, 4) is 0 Å². The molecule has 0 radical (unpaired) electrons. The summed E-state index contributed by atoms with van der Waals surface area (Å²) >= 11 is 1.39. The maximum atomic E-state index is 13.3. The number of amides is 4. The van der Waals surface area contributed by atoms with Gasteiger partial charge in [-0.3, -0.25) is 19.2 Å². The summed E-state index contributed by atoms with van der Waals surface area (Å²) in [6.07, 6.45) is 2.24. The summed E-state index contributed by atoms with van der Waals surface area (Å²) in [4.78, 5) is 67.7. The highest BCUT2D eigenvalue weighted by Crippen LogP contribution is 2.21. The van der Waals surface area contributed by atoms with Crippen molar-refractivity contribution in [1.29, 1.82) is 0 Å². The van der Waals surface area contributed by atoms with E-state index in [1.165, 1.54) is 33.9 Å². The lowest BCUT2D eigenvalue weighted by Crippen LogP contribution is -2.58. The van der Waals surface area contributed by atoms with Gasteiger partial charge < -0.3 is 29.7 Å². The SMILES string of the molecule is CN(C)C(=O)[C@H]1CSCc2ccccc2C(=O)OC[C@@H](NC(=O)[C@@H]2CCCN2C(=O)c2ccon2)C(=O)N1. The lowest BCUT2D eigenvalue weighted by Gasteiger charge is -2.28. The van der Waals surface area contributed by atoms with Crippen LogP contribution in [-0.2, 0) is 24.9 Å². The van der Waals surface area contributed by atoms with Crippen molar-refractivity contribution in [2.45, 2.75) is 36.7 Å². The number of aromatic nitrogens is 1. The number of nitrogens with zero attached hydrogens (tertiary/aromatic N) is 3. The molecular formula is C25H29N5O7S. The first-order valence-corrected chi connectivity index (χ1v) is 13.3. The molecule has 2 aliphatic rings. The molecular weight excluding hydrogens is 514 g/mol. The van der Waals surface area contributed by atoms with Gasteiger partial charge in [-0.15, -0.1) is 0 Å². The molecule has 0 saturated carbocycles. The van der Waals surface area contributed by atoms with Crippen molar-refractivity contribution in [1.82, 2.24) is 25.6 Å². The minimum atomic E-state index is -1.29. The summed E-state index contributed by atoms with van der Waals surface area (Å²) in [5.41, 5.74) is 1.16. The average Bonchev–Trinajstić information content (AvgIpc) is 3.62. The van der Waals surface area contributed by atoms with E-state index in [9.17, 15) is 24.0 Å². The maximum absolute atomic E-state index is 13.3. The molecule has 2 aromatic rings. The van der Waals surface area contributed by atoms with Crippen molar-refractivity contribution in [3.63, 3.8) is 0 Å². The number of likely N-dealkylation sites (N-methyl/N-ethyl adjacent to an activating group) is 1. The minimum Gasteiger partial charge on any atom is -0.459 e. The van der Waals surface area contributed by atoms with E-state index in [-0.39, 0.29) is 17.4 Å². The van der Waals surface area contributed by atoms with E-state index >= 15 is 0 Å². The first-order chi connectivity index (χ1) is 18.3. The molecule has 1 saturated heterocycles. The maximum Gasteiger partial charge on any atom is 0.338 e. The van der Waals surface area contributed by atoms with E-state index in [1.807, 2.05) is 0 Å². The third kappa shape index (κ3) is 6.15. The van der Waals surface area contributed by atoms with E-state index < -0.39 is 48.4 Å². The van der Waals surface area contributed by atoms with Gasteiger partial charge in [0.2, 0.25) is 17.7 Å². The summed E-state index contributed by atoms with van der Waals surface area (Å²) < 4.78 is 10.2. The molecule has 3 heterocycles. The van der Waals surface area contributed by atoms with Crippen molar-refractivity contribution >= 4 is 41.4 Å². The van der Waals surface area contributed by atoms with Gasteiger partial charge in [0.25, 0.3) is 5.91 Å². The summed E-state index contributed by atoms with van der Waals surface area (Å²) in [5, 5.41) is 8.97. The van der Waals surface area contributed by atoms with Crippen LogP contribution in [0.15, 0.2) is 41.1 Å². The van der Waals surface area contributed by atoms with Crippen LogP contribution in [0, 0.1) is 0 Å². The van der Waals surface area contributed by atoms with Crippen molar-refractivity contribution in [3.05, 3.63) is 53.4 Å². The molecule has 0 spiro atoms. The van der Waals surface area contributed by atoms with Gasteiger partial charge in [-0.1, -0.05) is 23.4 Å². The van der Waals surface area contributed by atoms with Gasteiger partial charge in [-0.05, 0) is 24.5 Å². The molecule has 0 bridgehead atoms. The number of ether oxygens (including phenoxy) is 1. The van der Waals surface area contributed by atoms with Crippen LogP contribution in [0.4, 0.5) is 0 Å². The predicted molar refractivity (Wildman–Crippen MR) is 136 cm³/mol. The molecule has 2 N–H and O–H groups in total. The standard InChI is InChI=1S/C25H29N5O7S/c1-29(2)23(33)19-14-38-13-15-6-3-4-7-16(15)25(35)36-12-18(21(31)27-19)26-22(32)20-8-5-10-30(20)24(34)17-9-11-37-28-17/h3-4,6-7,9,11,18-20H,5,8,10,12-14H2,1-2H3,(H,26,32)(H,27,31)/t18-,19-,20+/m1/s1. The molecule has 4 amide bonds. The highest BCUT2D eigenvalue weighted by molar-refractivity contribution is 7.98. The summed E-state index contributed by atoms with van der Waals surface area (Å²) in [6, 6.07) is 5.36. The van der Waals surface area contributed by atoms with E-state index in [2.05, 4.69) is 15.8 Å². The molecule has 12 nitrogen and oxygen atoms in total. The Labute approximate surface area is 223 Å². The fourth-order valence-electron chi connectivity index (χ4n) is 4.33. The normalized spacial score (nSPS) is 22.3. The van der Waals surface area contributed by atoms with Crippen LogP contribution >= 0.6 is 11.8 Å². The number of rotatable bonds is 4. The number of likely N-dealkylation sites (tertiary alicyclic amines) is 1. The third-order valence-electron chi connectivity index (χ3n) is 6.32. The monoisotopic (exact) mass is 543 g/mol. The molecule has 1 fully saturated rings. The molecule has 0 aliphatic carbocycles. The Balaban J connectivity index is 1.55. The zero-order chi connectivity index (χ0) is 27.2. The lowest BCUT2D eigenvalue weighted by molar-refractivity contribution is -0.136. The zero-order valence-electron chi connectivity index (χ0n) is 21.0. The van der Waals surface area contributed by atoms with Crippen LogP contribution < -0.4 is 10.6 Å². The number of carbonyl (C=O) groups excluding carboxylic acids is 5. The van der Waals surface area contributed by atoms with Crippen LogP contribution in [0.5, 0.6) is 0 Å². The van der Waals surface area contributed by atoms with Crippen molar-refractivity contribution in [2.24, 2.45) is 0 Å².